The van der Waals surface area contributed by atoms with Crippen molar-refractivity contribution in [2.24, 2.45) is 0 Å². The summed E-state index contributed by atoms with van der Waals surface area (Å²) in [6, 6.07) is 6.64. The molecule has 2 heterocycles. The van der Waals surface area contributed by atoms with Crippen LogP contribution >= 0.6 is 11.6 Å². The zero-order valence-corrected chi connectivity index (χ0v) is 16.2. The van der Waals surface area contributed by atoms with Gasteiger partial charge in [0.25, 0.3) is 5.91 Å². The van der Waals surface area contributed by atoms with E-state index in [9.17, 15) is 19.8 Å². The van der Waals surface area contributed by atoms with Gasteiger partial charge in [0, 0.05) is 63.3 Å². The summed E-state index contributed by atoms with van der Waals surface area (Å²) in [7, 11) is 0. The van der Waals surface area contributed by atoms with Gasteiger partial charge in [-0.05, 0) is 30.7 Å². The minimum atomic E-state index is -1.25. The van der Waals surface area contributed by atoms with E-state index in [2.05, 4.69) is 4.90 Å². The second-order valence-corrected chi connectivity index (χ2v) is 7.85. The second-order valence-electron chi connectivity index (χ2n) is 7.41. The van der Waals surface area contributed by atoms with Crippen molar-refractivity contribution in [3.05, 3.63) is 34.9 Å². The number of nitrogens with zero attached hydrogens (tertiary/aromatic N) is 3. The topological polar surface area (TPSA) is 84.3 Å². The van der Waals surface area contributed by atoms with Crippen LogP contribution in [0.2, 0.25) is 5.02 Å². The van der Waals surface area contributed by atoms with E-state index in [1.165, 1.54) is 0 Å². The van der Waals surface area contributed by atoms with E-state index in [-0.39, 0.29) is 18.4 Å². The number of amides is 2. The fourth-order valence-corrected chi connectivity index (χ4v) is 3.84. The van der Waals surface area contributed by atoms with Gasteiger partial charge in [-0.1, -0.05) is 11.6 Å². The quantitative estimate of drug-likeness (QED) is 0.776. The zero-order valence-electron chi connectivity index (χ0n) is 15.5. The summed E-state index contributed by atoms with van der Waals surface area (Å²) >= 11 is 5.86. The lowest BCUT2D eigenvalue weighted by Crippen LogP contribution is -2.62. The number of benzene rings is 1. The molecule has 27 heavy (non-hydrogen) atoms. The molecule has 2 fully saturated rings. The molecule has 148 valence electrons. The number of likely N-dealkylation sites (tertiary alicyclic amines) is 1. The third-order valence-corrected chi connectivity index (χ3v) is 5.77. The van der Waals surface area contributed by atoms with Crippen molar-refractivity contribution < 1.29 is 19.8 Å². The molecule has 0 bridgehead atoms. The highest BCUT2D eigenvalue weighted by Crippen LogP contribution is 2.26. The molecule has 0 aromatic heterocycles. The number of β-amino-alcohol motifs (C(OH)–C–C–N with tert-alkyl or cyclic N) is 2. The number of carbonyl (C=O) groups excluding carboxylic acids is 2. The summed E-state index contributed by atoms with van der Waals surface area (Å²) in [5.41, 5.74) is -0.743. The SMILES string of the molecule is CC(=O)N1CCN(C[C@@]2(O)CCN(C(=O)c3ccc(Cl)cc3)C[C@@H]2O)CC1. The maximum absolute atomic E-state index is 12.6. The highest BCUT2D eigenvalue weighted by molar-refractivity contribution is 6.30. The minimum Gasteiger partial charge on any atom is -0.388 e. The average molecular weight is 396 g/mol. The fraction of sp³-hybridized carbons (Fsp3) is 0.579. The van der Waals surface area contributed by atoms with E-state index in [4.69, 9.17) is 11.6 Å². The number of piperazine rings is 1. The van der Waals surface area contributed by atoms with Crippen LogP contribution in [0.5, 0.6) is 0 Å². The first-order valence-corrected chi connectivity index (χ1v) is 9.59. The number of carbonyl (C=O) groups is 2. The monoisotopic (exact) mass is 395 g/mol. The molecule has 1 aromatic rings. The van der Waals surface area contributed by atoms with Crippen LogP contribution < -0.4 is 0 Å². The van der Waals surface area contributed by atoms with Gasteiger partial charge in [0.2, 0.25) is 5.91 Å². The van der Waals surface area contributed by atoms with Gasteiger partial charge in [-0.15, -0.1) is 0 Å². The highest BCUT2D eigenvalue weighted by Gasteiger charge is 2.43. The Kier molecular flexibility index (Phi) is 6.05. The lowest BCUT2D eigenvalue weighted by Gasteiger charge is -2.45. The molecule has 2 atom stereocenters. The van der Waals surface area contributed by atoms with E-state index in [0.717, 1.165) is 0 Å². The number of hydrogen-bond acceptors (Lipinski definition) is 5. The van der Waals surface area contributed by atoms with Gasteiger partial charge in [0.05, 0.1) is 0 Å². The summed E-state index contributed by atoms with van der Waals surface area (Å²) in [6.45, 7) is 4.95. The average Bonchev–Trinajstić information content (AvgIpc) is 2.64. The van der Waals surface area contributed by atoms with Crippen molar-refractivity contribution >= 4 is 23.4 Å². The van der Waals surface area contributed by atoms with Crippen LogP contribution in [0.1, 0.15) is 23.7 Å². The summed E-state index contributed by atoms with van der Waals surface area (Å²) in [4.78, 5) is 29.4. The predicted molar refractivity (Wildman–Crippen MR) is 102 cm³/mol. The smallest absolute Gasteiger partial charge is 0.253 e. The molecule has 2 saturated heterocycles. The number of hydrogen-bond donors (Lipinski definition) is 2. The Morgan fingerprint density at radius 2 is 1.74 bits per heavy atom. The van der Waals surface area contributed by atoms with Gasteiger partial charge in [0.1, 0.15) is 11.7 Å². The molecule has 1 aromatic carbocycles. The normalized spacial score (nSPS) is 26.9. The molecule has 0 unspecified atom stereocenters. The van der Waals surface area contributed by atoms with Crippen LogP contribution in [0.4, 0.5) is 0 Å². The van der Waals surface area contributed by atoms with Gasteiger partial charge in [-0.25, -0.2) is 0 Å². The summed E-state index contributed by atoms with van der Waals surface area (Å²) < 4.78 is 0. The maximum Gasteiger partial charge on any atom is 0.253 e. The van der Waals surface area contributed by atoms with E-state index in [1.807, 2.05) is 0 Å². The van der Waals surface area contributed by atoms with Crippen molar-refractivity contribution in [3.8, 4) is 0 Å². The number of aliphatic hydroxyl groups is 2. The molecule has 0 saturated carbocycles. The van der Waals surface area contributed by atoms with Gasteiger partial charge >= 0.3 is 0 Å². The van der Waals surface area contributed by atoms with Crippen LogP contribution in [0.3, 0.4) is 0 Å². The van der Waals surface area contributed by atoms with E-state index >= 15 is 0 Å². The summed E-state index contributed by atoms with van der Waals surface area (Å²) in [5.74, 6) is -0.120. The molecule has 7 nitrogen and oxygen atoms in total. The third-order valence-electron chi connectivity index (χ3n) is 5.52. The van der Waals surface area contributed by atoms with Crippen LogP contribution in [-0.2, 0) is 4.79 Å². The Morgan fingerprint density at radius 3 is 2.30 bits per heavy atom. The number of aliphatic hydroxyl groups excluding tert-OH is 1. The predicted octanol–water partition coefficient (Wildman–Crippen LogP) is 0.442. The van der Waals surface area contributed by atoms with Crippen molar-refractivity contribution in [1.82, 2.24) is 14.7 Å². The van der Waals surface area contributed by atoms with Gasteiger partial charge < -0.3 is 20.0 Å². The van der Waals surface area contributed by atoms with E-state index < -0.39 is 11.7 Å². The standard InChI is InChI=1S/C19H26ClN3O4/c1-14(24)22-10-8-21(9-11-22)13-19(27)6-7-23(12-17(19)25)18(26)15-2-4-16(20)5-3-15/h2-5,17,25,27H,6-13H2,1H3/t17-,19-/m0/s1. The fourth-order valence-electron chi connectivity index (χ4n) is 3.72. The Morgan fingerprint density at radius 1 is 1.11 bits per heavy atom. The first kappa shape index (κ1) is 20.1. The number of halogens is 1. The molecule has 2 N–H and O–H groups in total. The van der Waals surface area contributed by atoms with Crippen molar-refractivity contribution in [1.29, 1.82) is 0 Å². The lowest BCUT2D eigenvalue weighted by molar-refractivity contribution is -0.136. The maximum atomic E-state index is 12.6. The van der Waals surface area contributed by atoms with Crippen LogP contribution in [0.25, 0.3) is 0 Å². The van der Waals surface area contributed by atoms with Crippen LogP contribution in [0.15, 0.2) is 24.3 Å². The zero-order chi connectivity index (χ0) is 19.6. The van der Waals surface area contributed by atoms with Crippen molar-refractivity contribution in [2.75, 3.05) is 45.8 Å². The third kappa shape index (κ3) is 4.60. The highest BCUT2D eigenvalue weighted by atomic mass is 35.5. The molecule has 3 rings (SSSR count). The number of rotatable bonds is 3. The molecular formula is C19H26ClN3O4. The molecule has 0 spiro atoms. The van der Waals surface area contributed by atoms with E-state index in [1.54, 1.807) is 41.0 Å². The molecule has 2 aliphatic rings. The lowest BCUT2D eigenvalue weighted by atomic mass is 9.87. The largest absolute Gasteiger partial charge is 0.388 e. The minimum absolute atomic E-state index is 0.0578. The Hall–Kier alpha value is -1.67. The van der Waals surface area contributed by atoms with Crippen LogP contribution in [-0.4, -0.2) is 94.2 Å². The van der Waals surface area contributed by atoms with Gasteiger partial charge in [0.15, 0.2) is 0 Å². The van der Waals surface area contributed by atoms with Gasteiger partial charge in [-0.3, -0.25) is 14.5 Å². The summed E-state index contributed by atoms with van der Waals surface area (Å²) in [6.07, 6.45) is -0.714. The molecule has 8 heteroatoms. The van der Waals surface area contributed by atoms with Crippen molar-refractivity contribution in [3.63, 3.8) is 0 Å². The van der Waals surface area contributed by atoms with Crippen molar-refractivity contribution in [2.45, 2.75) is 25.0 Å². The Bertz CT molecular complexity index is 691. The van der Waals surface area contributed by atoms with E-state index in [0.29, 0.717) is 56.3 Å². The molecule has 0 radical (unpaired) electrons. The van der Waals surface area contributed by atoms with Crippen LogP contribution in [0, 0.1) is 0 Å². The first-order chi connectivity index (χ1) is 12.8. The first-order valence-electron chi connectivity index (χ1n) is 9.22. The number of piperidine rings is 1. The molecule has 0 aliphatic carbocycles. The molecule has 2 aliphatic heterocycles. The second kappa shape index (κ2) is 8.14. The summed E-state index contributed by atoms with van der Waals surface area (Å²) in [5, 5.41) is 22.1. The van der Waals surface area contributed by atoms with Gasteiger partial charge in [-0.2, -0.15) is 0 Å². The Balaban J connectivity index is 1.56. The molecular weight excluding hydrogens is 370 g/mol. The Labute approximate surface area is 164 Å². The molecule has 2 amide bonds.